The quantitative estimate of drug-likeness (QED) is 0.929. The second-order valence-electron chi connectivity index (χ2n) is 4.74. The van der Waals surface area contributed by atoms with E-state index in [1.54, 1.807) is 0 Å². The van der Waals surface area contributed by atoms with Gasteiger partial charge in [0.05, 0.1) is 11.8 Å². The molecule has 0 bridgehead atoms. The number of amides is 1. The molecule has 0 aliphatic carbocycles. The summed E-state index contributed by atoms with van der Waals surface area (Å²) >= 11 is 0. The number of hydrogen-bond acceptors (Lipinski definition) is 3. The Morgan fingerprint density at radius 1 is 1.40 bits per heavy atom. The Bertz CT molecular complexity index is 616. The fourth-order valence-electron chi connectivity index (χ4n) is 1.92. The number of aryl methyl sites for hydroxylation is 1. The van der Waals surface area contributed by atoms with Crippen LogP contribution in [0.3, 0.4) is 0 Å². The van der Waals surface area contributed by atoms with Gasteiger partial charge in [-0.2, -0.15) is 0 Å². The molecule has 0 spiro atoms. The van der Waals surface area contributed by atoms with E-state index in [4.69, 9.17) is 0 Å². The number of halogens is 1. The van der Waals surface area contributed by atoms with Crippen molar-refractivity contribution in [1.29, 1.82) is 0 Å². The van der Waals surface area contributed by atoms with Gasteiger partial charge < -0.3 is 5.32 Å². The lowest BCUT2D eigenvalue weighted by molar-refractivity contribution is 0.0939. The number of nitrogens with zero attached hydrogens (tertiary/aromatic N) is 2. The van der Waals surface area contributed by atoms with E-state index in [-0.39, 0.29) is 17.5 Å². The van der Waals surface area contributed by atoms with Crippen LogP contribution in [-0.4, -0.2) is 21.9 Å². The van der Waals surface area contributed by atoms with Crippen LogP contribution in [-0.2, 0) is 6.42 Å². The van der Waals surface area contributed by atoms with Crippen LogP contribution in [0.25, 0.3) is 0 Å². The monoisotopic (exact) mass is 273 g/mol. The molecular formula is C15H16FN3O. The minimum absolute atomic E-state index is 0.0972. The van der Waals surface area contributed by atoms with Crippen LogP contribution < -0.4 is 5.32 Å². The summed E-state index contributed by atoms with van der Waals surface area (Å²) < 4.78 is 13.0. The number of carbonyl (C=O) groups is 1. The molecule has 0 aromatic carbocycles. The van der Waals surface area contributed by atoms with Gasteiger partial charge >= 0.3 is 0 Å². The van der Waals surface area contributed by atoms with Crippen molar-refractivity contribution in [2.24, 2.45) is 0 Å². The number of hydrogen-bond donors (Lipinski definition) is 1. The van der Waals surface area contributed by atoms with E-state index >= 15 is 0 Å². The molecule has 104 valence electrons. The maximum absolute atomic E-state index is 13.0. The van der Waals surface area contributed by atoms with Gasteiger partial charge in [0.2, 0.25) is 0 Å². The summed E-state index contributed by atoms with van der Waals surface area (Å²) in [7, 11) is 0. The van der Waals surface area contributed by atoms with Crippen LogP contribution in [0.1, 0.15) is 28.7 Å². The van der Waals surface area contributed by atoms with E-state index in [1.807, 2.05) is 32.0 Å². The number of rotatable bonds is 4. The van der Waals surface area contributed by atoms with Crippen LogP contribution in [0.4, 0.5) is 4.39 Å². The third kappa shape index (κ3) is 3.85. The van der Waals surface area contributed by atoms with Gasteiger partial charge in [0.1, 0.15) is 5.82 Å². The third-order valence-corrected chi connectivity index (χ3v) is 2.81. The van der Waals surface area contributed by atoms with E-state index in [0.717, 1.165) is 17.6 Å². The summed E-state index contributed by atoms with van der Waals surface area (Å²) in [6.45, 7) is 3.81. The summed E-state index contributed by atoms with van der Waals surface area (Å²) in [6, 6.07) is 6.84. The summed E-state index contributed by atoms with van der Waals surface area (Å²) in [4.78, 5) is 20.0. The highest BCUT2D eigenvalue weighted by atomic mass is 19.1. The lowest BCUT2D eigenvalue weighted by Crippen LogP contribution is -2.34. The van der Waals surface area contributed by atoms with Crippen LogP contribution in [0.2, 0.25) is 0 Å². The van der Waals surface area contributed by atoms with Gasteiger partial charge in [0.25, 0.3) is 5.91 Å². The molecule has 2 aromatic rings. The Kier molecular flexibility index (Phi) is 4.40. The summed E-state index contributed by atoms with van der Waals surface area (Å²) in [6.07, 6.45) is 3.03. The van der Waals surface area contributed by atoms with Gasteiger partial charge in [-0.1, -0.05) is 6.07 Å². The third-order valence-electron chi connectivity index (χ3n) is 2.81. The number of nitrogens with one attached hydrogen (secondary N) is 1. The Labute approximate surface area is 117 Å². The fraction of sp³-hybridized carbons (Fsp3) is 0.267. The molecule has 0 saturated carbocycles. The zero-order valence-corrected chi connectivity index (χ0v) is 11.4. The zero-order valence-electron chi connectivity index (χ0n) is 11.4. The average Bonchev–Trinajstić information content (AvgIpc) is 2.38. The molecule has 0 unspecified atom stereocenters. The van der Waals surface area contributed by atoms with Crippen molar-refractivity contribution in [3.05, 3.63) is 59.4 Å². The molecule has 0 saturated heterocycles. The molecule has 0 aliphatic rings. The summed E-state index contributed by atoms with van der Waals surface area (Å²) in [5.41, 5.74) is 2.07. The second-order valence-corrected chi connectivity index (χ2v) is 4.74. The molecule has 20 heavy (non-hydrogen) atoms. The molecule has 5 heteroatoms. The zero-order chi connectivity index (χ0) is 14.5. The van der Waals surface area contributed by atoms with E-state index in [1.165, 1.54) is 12.3 Å². The molecule has 1 N–H and O–H groups in total. The topological polar surface area (TPSA) is 54.9 Å². The second kappa shape index (κ2) is 6.23. The van der Waals surface area contributed by atoms with Gasteiger partial charge in [-0.05, 0) is 32.0 Å². The van der Waals surface area contributed by atoms with Crippen molar-refractivity contribution in [1.82, 2.24) is 15.3 Å². The highest BCUT2D eigenvalue weighted by Crippen LogP contribution is 2.04. The summed E-state index contributed by atoms with van der Waals surface area (Å²) in [5.74, 6) is -0.859. The molecule has 0 aliphatic heterocycles. The largest absolute Gasteiger partial charge is 0.349 e. The van der Waals surface area contributed by atoms with Crippen molar-refractivity contribution in [2.45, 2.75) is 26.3 Å². The van der Waals surface area contributed by atoms with Crippen molar-refractivity contribution < 1.29 is 9.18 Å². The van der Waals surface area contributed by atoms with Gasteiger partial charge in [-0.15, -0.1) is 0 Å². The maximum atomic E-state index is 13.0. The predicted octanol–water partition coefficient (Wildman–Crippen LogP) is 2.29. The van der Waals surface area contributed by atoms with Crippen LogP contribution in [0.5, 0.6) is 0 Å². The standard InChI is InChI=1S/C15H16FN3O/c1-10-4-3-5-14(18-10)6-11(2)19-15(20)12-7-13(16)9-17-8-12/h3-5,7-9,11H,6H2,1-2H3,(H,19,20)/t11-/m1/s1. The minimum atomic E-state index is -0.523. The first-order valence-corrected chi connectivity index (χ1v) is 6.38. The van der Waals surface area contributed by atoms with E-state index in [9.17, 15) is 9.18 Å². The molecule has 4 nitrogen and oxygen atoms in total. The van der Waals surface area contributed by atoms with Crippen molar-refractivity contribution >= 4 is 5.91 Å². The van der Waals surface area contributed by atoms with Crippen molar-refractivity contribution in [3.8, 4) is 0 Å². The Morgan fingerprint density at radius 3 is 2.90 bits per heavy atom. The van der Waals surface area contributed by atoms with Crippen LogP contribution in [0.15, 0.2) is 36.7 Å². The number of aromatic nitrogens is 2. The normalized spacial score (nSPS) is 11.9. The van der Waals surface area contributed by atoms with Gasteiger partial charge in [-0.25, -0.2) is 4.39 Å². The van der Waals surface area contributed by atoms with E-state index in [0.29, 0.717) is 6.42 Å². The first-order chi connectivity index (χ1) is 9.54. The highest BCUT2D eigenvalue weighted by molar-refractivity contribution is 5.94. The first-order valence-electron chi connectivity index (χ1n) is 6.38. The Balaban J connectivity index is 1.97. The Morgan fingerprint density at radius 2 is 2.20 bits per heavy atom. The van der Waals surface area contributed by atoms with Gasteiger partial charge in [0, 0.05) is 30.0 Å². The molecule has 1 amide bonds. The molecule has 1 atom stereocenters. The highest BCUT2D eigenvalue weighted by Gasteiger charge is 2.12. The smallest absolute Gasteiger partial charge is 0.253 e. The molecule has 2 rings (SSSR count). The predicted molar refractivity (Wildman–Crippen MR) is 73.8 cm³/mol. The Hall–Kier alpha value is -2.30. The SMILES string of the molecule is Cc1cccc(C[C@@H](C)NC(=O)c2cncc(F)c2)n1. The molecule has 2 heterocycles. The van der Waals surface area contributed by atoms with Gasteiger partial charge in [0.15, 0.2) is 0 Å². The molecule has 0 fully saturated rings. The van der Waals surface area contributed by atoms with Crippen molar-refractivity contribution in [2.75, 3.05) is 0 Å². The minimum Gasteiger partial charge on any atom is -0.349 e. The molecular weight excluding hydrogens is 257 g/mol. The lowest BCUT2D eigenvalue weighted by Gasteiger charge is -2.13. The average molecular weight is 273 g/mol. The van der Waals surface area contributed by atoms with Gasteiger partial charge in [-0.3, -0.25) is 14.8 Å². The van der Waals surface area contributed by atoms with E-state index < -0.39 is 5.82 Å². The van der Waals surface area contributed by atoms with Crippen LogP contribution >= 0.6 is 0 Å². The van der Waals surface area contributed by atoms with Crippen LogP contribution in [0, 0.1) is 12.7 Å². The molecule has 2 aromatic heterocycles. The number of carbonyl (C=O) groups excluding carboxylic acids is 1. The number of pyridine rings is 2. The summed E-state index contributed by atoms with van der Waals surface area (Å²) in [5, 5.41) is 2.81. The van der Waals surface area contributed by atoms with Crippen molar-refractivity contribution in [3.63, 3.8) is 0 Å². The maximum Gasteiger partial charge on any atom is 0.253 e. The van der Waals surface area contributed by atoms with E-state index in [2.05, 4.69) is 15.3 Å². The lowest BCUT2D eigenvalue weighted by atomic mass is 10.1. The molecule has 0 radical (unpaired) electrons. The first kappa shape index (κ1) is 14.1. The fourth-order valence-corrected chi connectivity index (χ4v) is 1.92.